The minimum Gasteiger partial charge on any atom is -0.497 e. The molecule has 1 aliphatic carbocycles. The zero-order chi connectivity index (χ0) is 19.7. The summed E-state index contributed by atoms with van der Waals surface area (Å²) < 4.78 is 13.0. The van der Waals surface area contributed by atoms with E-state index in [0.29, 0.717) is 19.2 Å². The Labute approximate surface area is 166 Å². The number of methoxy groups -OCH3 is 1. The number of carbonyl (C=O) groups excluding carboxylic acids is 1. The molecule has 0 bridgehead atoms. The monoisotopic (exact) mass is 383 g/mol. The van der Waals surface area contributed by atoms with Crippen molar-refractivity contribution >= 4 is 5.91 Å². The molecular formula is C22H29N3O3. The van der Waals surface area contributed by atoms with Gasteiger partial charge in [0.25, 0.3) is 0 Å². The molecule has 2 aromatic rings. The summed E-state index contributed by atoms with van der Waals surface area (Å²) in [5.41, 5.74) is 4.26. The van der Waals surface area contributed by atoms with Crippen LogP contribution < -0.4 is 10.1 Å². The molecule has 1 saturated carbocycles. The van der Waals surface area contributed by atoms with E-state index in [4.69, 9.17) is 14.6 Å². The molecule has 2 aliphatic rings. The van der Waals surface area contributed by atoms with Gasteiger partial charge in [0.2, 0.25) is 5.91 Å². The largest absolute Gasteiger partial charge is 0.497 e. The van der Waals surface area contributed by atoms with Crippen LogP contribution in [-0.2, 0) is 34.4 Å². The van der Waals surface area contributed by atoms with Crippen LogP contribution in [0, 0.1) is 0 Å². The number of benzene rings is 1. The summed E-state index contributed by atoms with van der Waals surface area (Å²) in [5.74, 6) is 0.929. The summed E-state index contributed by atoms with van der Waals surface area (Å²) in [6.07, 6.45) is 3.44. The highest BCUT2D eigenvalue weighted by atomic mass is 16.5. The van der Waals surface area contributed by atoms with Gasteiger partial charge in [0.1, 0.15) is 5.75 Å². The Kier molecular flexibility index (Phi) is 5.15. The summed E-state index contributed by atoms with van der Waals surface area (Å²) in [6.45, 7) is 6.28. The molecule has 0 unspecified atom stereocenters. The van der Waals surface area contributed by atoms with Crippen LogP contribution in [0.2, 0.25) is 0 Å². The number of carbonyl (C=O) groups is 1. The van der Waals surface area contributed by atoms with Crippen LogP contribution in [0.15, 0.2) is 24.3 Å². The van der Waals surface area contributed by atoms with Crippen molar-refractivity contribution in [1.82, 2.24) is 15.1 Å². The fourth-order valence-corrected chi connectivity index (χ4v) is 4.10. The van der Waals surface area contributed by atoms with Crippen molar-refractivity contribution < 1.29 is 14.3 Å². The van der Waals surface area contributed by atoms with Gasteiger partial charge < -0.3 is 14.8 Å². The molecular weight excluding hydrogens is 354 g/mol. The second kappa shape index (κ2) is 7.59. The zero-order valence-corrected chi connectivity index (χ0v) is 17.0. The number of hydrogen-bond donors (Lipinski definition) is 1. The molecule has 1 N–H and O–H groups in total. The van der Waals surface area contributed by atoms with E-state index >= 15 is 0 Å². The van der Waals surface area contributed by atoms with Crippen molar-refractivity contribution in [3.05, 3.63) is 46.8 Å². The highest BCUT2D eigenvalue weighted by molar-refractivity contribution is 5.91. The van der Waals surface area contributed by atoms with Gasteiger partial charge in [0.05, 0.1) is 31.4 Å². The maximum absolute atomic E-state index is 12.9. The fourth-order valence-electron chi connectivity index (χ4n) is 4.10. The van der Waals surface area contributed by atoms with Crippen LogP contribution in [0.1, 0.15) is 55.2 Å². The molecule has 6 heteroatoms. The Hall–Kier alpha value is -2.34. The second-order valence-electron chi connectivity index (χ2n) is 8.03. The van der Waals surface area contributed by atoms with E-state index in [-0.39, 0.29) is 11.3 Å². The molecule has 0 radical (unpaired) electrons. The van der Waals surface area contributed by atoms with E-state index in [1.807, 2.05) is 24.3 Å². The summed E-state index contributed by atoms with van der Waals surface area (Å²) in [4.78, 5) is 12.9. The lowest BCUT2D eigenvalue weighted by Crippen LogP contribution is -2.36. The number of fused-ring (bicyclic) bond motifs is 1. The Morgan fingerprint density at radius 3 is 2.71 bits per heavy atom. The standard InChI is InChI=1S/C22H29N3O3/c1-15(2)25-20-9-13-28-14-18(20)19(24-25)8-12-23-21(26)22(10-11-22)16-4-6-17(27-3)7-5-16/h4-7,15H,8-14H2,1-3H3,(H,23,26). The summed E-state index contributed by atoms with van der Waals surface area (Å²) >= 11 is 0. The van der Waals surface area contributed by atoms with Crippen LogP contribution in [0.3, 0.4) is 0 Å². The lowest BCUT2D eigenvalue weighted by molar-refractivity contribution is -0.123. The van der Waals surface area contributed by atoms with Gasteiger partial charge in [-0.2, -0.15) is 5.10 Å². The molecule has 1 aromatic heterocycles. The molecule has 0 atom stereocenters. The molecule has 2 heterocycles. The summed E-state index contributed by atoms with van der Waals surface area (Å²) in [6, 6.07) is 8.19. The topological polar surface area (TPSA) is 65.4 Å². The van der Waals surface area contributed by atoms with E-state index in [1.54, 1.807) is 7.11 Å². The molecule has 1 amide bonds. The predicted molar refractivity (Wildman–Crippen MR) is 107 cm³/mol. The van der Waals surface area contributed by atoms with Gasteiger partial charge in [-0.25, -0.2) is 0 Å². The highest BCUT2D eigenvalue weighted by Crippen LogP contribution is 2.48. The van der Waals surface area contributed by atoms with Crippen molar-refractivity contribution in [2.24, 2.45) is 0 Å². The lowest BCUT2D eigenvalue weighted by Gasteiger charge is -2.17. The number of nitrogens with zero attached hydrogens (tertiary/aromatic N) is 2. The summed E-state index contributed by atoms with van der Waals surface area (Å²) in [7, 11) is 1.65. The minimum atomic E-state index is -0.369. The maximum atomic E-state index is 12.9. The van der Waals surface area contributed by atoms with Crippen molar-refractivity contribution in [1.29, 1.82) is 0 Å². The van der Waals surface area contributed by atoms with Gasteiger partial charge in [-0.15, -0.1) is 0 Å². The molecule has 0 spiro atoms. The van der Waals surface area contributed by atoms with Gasteiger partial charge in [0, 0.05) is 36.7 Å². The first kappa shape index (κ1) is 19.0. The van der Waals surface area contributed by atoms with Crippen LogP contribution >= 0.6 is 0 Å². The number of ether oxygens (including phenoxy) is 2. The third-order valence-electron chi connectivity index (χ3n) is 5.90. The minimum absolute atomic E-state index is 0.117. The normalized spacial score (nSPS) is 17.3. The average molecular weight is 383 g/mol. The molecule has 28 heavy (non-hydrogen) atoms. The first-order valence-corrected chi connectivity index (χ1v) is 10.1. The lowest BCUT2D eigenvalue weighted by atomic mass is 9.95. The van der Waals surface area contributed by atoms with Crippen molar-refractivity contribution in [2.75, 3.05) is 20.3 Å². The SMILES string of the molecule is COc1ccc(C2(C(=O)NCCc3nn(C(C)C)c4c3COCC4)CC2)cc1. The van der Waals surface area contributed by atoms with E-state index in [9.17, 15) is 4.79 Å². The molecule has 1 aromatic carbocycles. The Bertz CT molecular complexity index is 851. The smallest absolute Gasteiger partial charge is 0.230 e. The number of hydrogen-bond acceptors (Lipinski definition) is 4. The van der Waals surface area contributed by atoms with Crippen molar-refractivity contribution in [2.45, 2.75) is 57.6 Å². The van der Waals surface area contributed by atoms with Crippen molar-refractivity contribution in [3.63, 3.8) is 0 Å². The third-order valence-corrected chi connectivity index (χ3v) is 5.90. The van der Waals surface area contributed by atoms with E-state index in [2.05, 4.69) is 23.8 Å². The molecule has 1 aliphatic heterocycles. The van der Waals surface area contributed by atoms with E-state index in [1.165, 1.54) is 11.3 Å². The van der Waals surface area contributed by atoms with E-state index in [0.717, 1.165) is 49.3 Å². The van der Waals surface area contributed by atoms with Crippen LogP contribution in [0.4, 0.5) is 0 Å². The first-order chi connectivity index (χ1) is 13.5. The maximum Gasteiger partial charge on any atom is 0.230 e. The predicted octanol–water partition coefficient (Wildman–Crippen LogP) is 2.94. The quantitative estimate of drug-likeness (QED) is 0.798. The number of rotatable bonds is 7. The van der Waals surface area contributed by atoms with Crippen molar-refractivity contribution in [3.8, 4) is 5.75 Å². The molecule has 4 rings (SSSR count). The Morgan fingerprint density at radius 1 is 1.32 bits per heavy atom. The highest BCUT2D eigenvalue weighted by Gasteiger charge is 2.51. The van der Waals surface area contributed by atoms with Gasteiger partial charge >= 0.3 is 0 Å². The third kappa shape index (κ3) is 3.41. The molecule has 6 nitrogen and oxygen atoms in total. The molecule has 0 saturated heterocycles. The number of aromatic nitrogens is 2. The summed E-state index contributed by atoms with van der Waals surface area (Å²) in [5, 5.41) is 7.96. The van der Waals surface area contributed by atoms with Crippen LogP contribution in [0.25, 0.3) is 0 Å². The Morgan fingerprint density at radius 2 is 2.07 bits per heavy atom. The molecule has 1 fully saturated rings. The molecule has 150 valence electrons. The average Bonchev–Trinajstić information content (AvgIpc) is 3.45. The van der Waals surface area contributed by atoms with Gasteiger partial charge in [-0.3, -0.25) is 9.48 Å². The van der Waals surface area contributed by atoms with Crippen LogP contribution in [0.5, 0.6) is 5.75 Å². The number of amides is 1. The van der Waals surface area contributed by atoms with Gasteiger partial charge in [-0.05, 0) is 44.4 Å². The van der Waals surface area contributed by atoms with E-state index < -0.39 is 0 Å². The zero-order valence-electron chi connectivity index (χ0n) is 17.0. The number of nitrogens with one attached hydrogen (secondary N) is 1. The Balaban J connectivity index is 1.41. The van der Waals surface area contributed by atoms with Gasteiger partial charge in [0.15, 0.2) is 0 Å². The van der Waals surface area contributed by atoms with Crippen LogP contribution in [-0.4, -0.2) is 35.9 Å². The first-order valence-electron chi connectivity index (χ1n) is 10.1. The second-order valence-corrected chi connectivity index (χ2v) is 8.03. The van der Waals surface area contributed by atoms with Gasteiger partial charge in [-0.1, -0.05) is 12.1 Å². The fraction of sp³-hybridized carbons (Fsp3) is 0.545.